The number of carboxylic acids is 1. The summed E-state index contributed by atoms with van der Waals surface area (Å²) in [5.41, 5.74) is 0.331. The van der Waals surface area contributed by atoms with E-state index in [1.807, 2.05) is 0 Å². The molecule has 4 fully saturated rings. The van der Waals surface area contributed by atoms with Crippen LogP contribution in [0.15, 0.2) is 0 Å². The van der Waals surface area contributed by atoms with Gasteiger partial charge in [-0.15, -0.1) is 0 Å². The Hall–Kier alpha value is -0.900. The zero-order valence-corrected chi connectivity index (χ0v) is 20.1. The summed E-state index contributed by atoms with van der Waals surface area (Å²) in [6.07, 6.45) is 10.1. The Morgan fingerprint density at radius 3 is 2.55 bits per heavy atom. The van der Waals surface area contributed by atoms with E-state index in [2.05, 4.69) is 27.7 Å². The Balaban J connectivity index is 1.65. The van der Waals surface area contributed by atoms with Crippen molar-refractivity contribution in [1.29, 1.82) is 0 Å². The van der Waals surface area contributed by atoms with Gasteiger partial charge >= 0.3 is 5.97 Å². The Labute approximate surface area is 188 Å². The van der Waals surface area contributed by atoms with Crippen molar-refractivity contribution < 1.29 is 19.8 Å². The van der Waals surface area contributed by atoms with Crippen molar-refractivity contribution in [1.82, 2.24) is 0 Å². The lowest BCUT2D eigenvalue weighted by molar-refractivity contribution is -0.140. The Kier molecular flexibility index (Phi) is 6.35. The number of hydrogen-bond donors (Lipinski definition) is 2. The molecule has 4 aliphatic carbocycles. The molecule has 2 N–H and O–H groups in total. The number of carbonyl (C=O) groups excluding carboxylic acids is 1. The van der Waals surface area contributed by atoms with Crippen LogP contribution in [0.1, 0.15) is 98.3 Å². The van der Waals surface area contributed by atoms with Crippen LogP contribution in [0.5, 0.6) is 0 Å². The summed E-state index contributed by atoms with van der Waals surface area (Å²) in [5.74, 6) is 2.28. The number of Topliss-reactive ketones (excluding diaryl/α,β-unsaturated/α-hetero) is 1. The largest absolute Gasteiger partial charge is 0.481 e. The Morgan fingerprint density at radius 2 is 1.87 bits per heavy atom. The fraction of sp³-hybridized carbons (Fsp3) is 0.926. The van der Waals surface area contributed by atoms with Crippen LogP contribution in [-0.4, -0.2) is 28.1 Å². The summed E-state index contributed by atoms with van der Waals surface area (Å²) >= 11 is 0. The van der Waals surface area contributed by atoms with Crippen molar-refractivity contribution in [3.05, 3.63) is 0 Å². The Morgan fingerprint density at radius 1 is 1.13 bits per heavy atom. The number of hydrogen-bond acceptors (Lipinski definition) is 3. The van der Waals surface area contributed by atoms with Gasteiger partial charge in [-0.25, -0.2) is 0 Å². The second-order valence-corrected chi connectivity index (χ2v) is 12.3. The summed E-state index contributed by atoms with van der Waals surface area (Å²) in [7, 11) is 0. The number of aliphatic carboxylic acids is 1. The average Bonchev–Trinajstić information content (AvgIpc) is 2.94. The maximum absolute atomic E-state index is 14.1. The monoisotopic (exact) mass is 432 g/mol. The highest BCUT2D eigenvalue weighted by Crippen LogP contribution is 2.66. The van der Waals surface area contributed by atoms with Gasteiger partial charge in [0.2, 0.25) is 0 Å². The molecule has 4 heteroatoms. The molecule has 176 valence electrons. The van der Waals surface area contributed by atoms with Crippen LogP contribution in [0.25, 0.3) is 0 Å². The quantitative estimate of drug-likeness (QED) is 0.583. The second kappa shape index (κ2) is 8.47. The molecule has 0 aliphatic heterocycles. The molecule has 0 heterocycles. The molecular formula is C27H44O4. The van der Waals surface area contributed by atoms with Crippen molar-refractivity contribution in [2.24, 2.45) is 52.3 Å². The van der Waals surface area contributed by atoms with Crippen LogP contribution >= 0.6 is 0 Å². The predicted molar refractivity (Wildman–Crippen MR) is 121 cm³/mol. The van der Waals surface area contributed by atoms with Gasteiger partial charge in [-0.3, -0.25) is 9.59 Å². The molecule has 31 heavy (non-hydrogen) atoms. The fourth-order valence-electron chi connectivity index (χ4n) is 9.25. The van der Waals surface area contributed by atoms with E-state index in [9.17, 15) is 19.8 Å². The summed E-state index contributed by atoms with van der Waals surface area (Å²) in [6, 6.07) is 0. The third-order valence-electron chi connectivity index (χ3n) is 10.8. The number of carbonyl (C=O) groups is 2. The minimum absolute atomic E-state index is 0.105. The molecule has 4 aliphatic rings. The lowest BCUT2D eigenvalue weighted by atomic mass is 9.51. The van der Waals surface area contributed by atoms with E-state index in [0.29, 0.717) is 35.4 Å². The van der Waals surface area contributed by atoms with Gasteiger partial charge < -0.3 is 10.2 Å². The Bertz CT molecular complexity index is 703. The highest BCUT2D eigenvalue weighted by Gasteiger charge is 2.62. The molecule has 1 unspecified atom stereocenters. The van der Waals surface area contributed by atoms with Crippen molar-refractivity contribution >= 4 is 11.8 Å². The first-order valence-electron chi connectivity index (χ1n) is 13.0. The van der Waals surface area contributed by atoms with E-state index in [4.69, 9.17) is 0 Å². The van der Waals surface area contributed by atoms with E-state index in [0.717, 1.165) is 57.8 Å². The summed E-state index contributed by atoms with van der Waals surface area (Å²) in [4.78, 5) is 25.3. The van der Waals surface area contributed by atoms with Crippen molar-refractivity contribution in [3.8, 4) is 0 Å². The smallest absolute Gasteiger partial charge is 0.303 e. The van der Waals surface area contributed by atoms with Crippen LogP contribution in [-0.2, 0) is 9.59 Å². The number of aliphatic hydroxyl groups is 1. The number of aliphatic hydroxyl groups excluding tert-OH is 1. The number of ketones is 1. The van der Waals surface area contributed by atoms with Crippen molar-refractivity contribution in [3.63, 3.8) is 0 Å². The number of carboxylic acid groups (broad SMARTS) is 1. The van der Waals surface area contributed by atoms with E-state index in [-0.39, 0.29) is 35.2 Å². The van der Waals surface area contributed by atoms with Gasteiger partial charge in [-0.2, -0.15) is 0 Å². The molecule has 0 aromatic carbocycles. The lowest BCUT2D eigenvalue weighted by Gasteiger charge is -2.53. The first kappa shape index (κ1) is 23.3. The van der Waals surface area contributed by atoms with Gasteiger partial charge in [-0.05, 0) is 105 Å². The van der Waals surface area contributed by atoms with E-state index in [1.165, 1.54) is 6.42 Å². The number of fused-ring (bicyclic) bond motifs is 6. The van der Waals surface area contributed by atoms with Gasteiger partial charge in [0.05, 0.1) is 6.10 Å². The lowest BCUT2D eigenvalue weighted by Crippen LogP contribution is -2.50. The van der Waals surface area contributed by atoms with Gasteiger partial charge in [0.25, 0.3) is 0 Å². The normalized spacial score (nSPS) is 48.3. The first-order chi connectivity index (χ1) is 14.6. The minimum atomic E-state index is -0.696. The SMILES string of the molecule is CC[C@H]1C(=O)[C@@H]2[C@H](CC[C@]3(C)[C@@H](C(C)CCC(=O)O)CC[C@@H]23)[C@@]2(C)CC[C@@H](O)C[C@H]1C2. The maximum atomic E-state index is 14.1. The van der Waals surface area contributed by atoms with E-state index >= 15 is 0 Å². The van der Waals surface area contributed by atoms with Gasteiger partial charge in [0.1, 0.15) is 5.78 Å². The molecule has 0 amide bonds. The molecule has 10 atom stereocenters. The second-order valence-electron chi connectivity index (χ2n) is 12.3. The standard InChI is InChI=1S/C27H44O4/c1-5-19-17-14-18(28)10-12-26(3,15-17)21-11-13-27(4)20(16(2)6-9-23(29)30)7-8-22(27)24(21)25(19)31/h16-22,24,28H,5-15H2,1-4H3,(H,29,30)/t16?,17-,18+,19+,20+,21-,22-,24+,26-,27+/m0/s1. The summed E-state index contributed by atoms with van der Waals surface area (Å²) < 4.78 is 0. The van der Waals surface area contributed by atoms with Gasteiger partial charge in [-0.1, -0.05) is 27.7 Å². The zero-order valence-electron chi connectivity index (χ0n) is 20.1. The zero-order chi connectivity index (χ0) is 22.6. The topological polar surface area (TPSA) is 74.6 Å². The summed E-state index contributed by atoms with van der Waals surface area (Å²) in [5, 5.41) is 19.7. The first-order valence-corrected chi connectivity index (χ1v) is 13.0. The van der Waals surface area contributed by atoms with Crippen LogP contribution in [0, 0.1) is 52.3 Å². The molecule has 0 saturated heterocycles. The van der Waals surface area contributed by atoms with Gasteiger partial charge in [0, 0.05) is 18.3 Å². The molecule has 2 bridgehead atoms. The predicted octanol–water partition coefficient (Wildman–Crippen LogP) is 5.71. The van der Waals surface area contributed by atoms with E-state index < -0.39 is 5.97 Å². The van der Waals surface area contributed by atoms with Crippen LogP contribution in [0.2, 0.25) is 0 Å². The molecule has 4 rings (SSSR count). The molecular weight excluding hydrogens is 388 g/mol. The molecule has 0 radical (unpaired) electrons. The van der Waals surface area contributed by atoms with Crippen LogP contribution in [0.3, 0.4) is 0 Å². The highest BCUT2D eigenvalue weighted by molar-refractivity contribution is 5.85. The minimum Gasteiger partial charge on any atom is -0.481 e. The fourth-order valence-corrected chi connectivity index (χ4v) is 9.25. The van der Waals surface area contributed by atoms with Crippen molar-refractivity contribution in [2.75, 3.05) is 0 Å². The molecule has 0 spiro atoms. The van der Waals surface area contributed by atoms with Crippen molar-refractivity contribution in [2.45, 2.75) is 104 Å². The molecule has 0 aromatic heterocycles. The van der Waals surface area contributed by atoms with Crippen LogP contribution < -0.4 is 0 Å². The summed E-state index contributed by atoms with van der Waals surface area (Å²) in [6.45, 7) is 9.29. The number of rotatable bonds is 5. The molecule has 4 saturated carbocycles. The average molecular weight is 433 g/mol. The van der Waals surface area contributed by atoms with E-state index in [1.54, 1.807) is 0 Å². The maximum Gasteiger partial charge on any atom is 0.303 e. The van der Waals surface area contributed by atoms with Crippen LogP contribution in [0.4, 0.5) is 0 Å². The molecule has 0 aromatic rings. The third-order valence-corrected chi connectivity index (χ3v) is 10.8. The molecule has 4 nitrogen and oxygen atoms in total. The highest BCUT2D eigenvalue weighted by atomic mass is 16.4. The third kappa shape index (κ3) is 3.89. The van der Waals surface area contributed by atoms with Gasteiger partial charge in [0.15, 0.2) is 0 Å².